The second kappa shape index (κ2) is 9.40. The molecule has 0 atom stereocenters. The largest absolute Gasteiger partial charge is 0.489 e. The van der Waals surface area contributed by atoms with Crippen LogP contribution in [-0.4, -0.2) is 10.9 Å². The van der Waals surface area contributed by atoms with E-state index in [-0.39, 0.29) is 5.91 Å². The first-order valence-corrected chi connectivity index (χ1v) is 10.7. The van der Waals surface area contributed by atoms with Crippen LogP contribution in [0.1, 0.15) is 27.4 Å². The Bertz CT molecular complexity index is 1380. The lowest BCUT2D eigenvalue weighted by atomic mass is 10.1. The third-order valence-electron chi connectivity index (χ3n) is 5.23. The van der Waals surface area contributed by atoms with Crippen LogP contribution < -0.4 is 10.1 Å². The Morgan fingerprint density at radius 1 is 0.818 bits per heavy atom. The van der Waals surface area contributed by atoms with Crippen molar-refractivity contribution in [3.63, 3.8) is 0 Å². The number of ether oxygens (including phenoxy) is 1. The van der Waals surface area contributed by atoms with Crippen molar-refractivity contribution in [3.8, 4) is 5.75 Å². The van der Waals surface area contributed by atoms with Gasteiger partial charge in [-0.3, -0.25) is 4.79 Å². The van der Waals surface area contributed by atoms with Gasteiger partial charge in [-0.2, -0.15) is 0 Å². The third kappa shape index (κ3) is 5.10. The van der Waals surface area contributed by atoms with Gasteiger partial charge in [0.25, 0.3) is 5.91 Å². The molecule has 5 rings (SSSR count). The molecule has 4 aromatic carbocycles. The van der Waals surface area contributed by atoms with Crippen molar-refractivity contribution < 1.29 is 13.9 Å². The highest BCUT2D eigenvalue weighted by molar-refractivity contribution is 6.05. The number of oxazole rings is 1. The van der Waals surface area contributed by atoms with Crippen molar-refractivity contribution in [2.45, 2.75) is 13.0 Å². The summed E-state index contributed by atoms with van der Waals surface area (Å²) in [5, 5.41) is 2.93. The van der Waals surface area contributed by atoms with E-state index in [9.17, 15) is 4.79 Å². The molecule has 162 valence electrons. The Kier molecular flexibility index (Phi) is 5.85. The van der Waals surface area contributed by atoms with Crippen LogP contribution in [0.15, 0.2) is 108 Å². The van der Waals surface area contributed by atoms with Gasteiger partial charge in [0.1, 0.15) is 17.9 Å². The fourth-order valence-electron chi connectivity index (χ4n) is 3.57. The maximum absolute atomic E-state index is 12.8. The lowest BCUT2D eigenvalue weighted by Gasteiger charge is -2.09. The highest BCUT2D eigenvalue weighted by Crippen LogP contribution is 2.23. The average Bonchev–Trinajstić information content (AvgIpc) is 3.25. The number of rotatable bonds is 7. The minimum Gasteiger partial charge on any atom is -0.489 e. The fraction of sp³-hybridized carbons (Fsp3) is 0.0714. The highest BCUT2D eigenvalue weighted by Gasteiger charge is 2.11. The molecule has 5 heteroatoms. The lowest BCUT2D eigenvalue weighted by Crippen LogP contribution is -2.12. The molecule has 33 heavy (non-hydrogen) atoms. The van der Waals surface area contributed by atoms with Gasteiger partial charge in [-0.1, -0.05) is 66.7 Å². The van der Waals surface area contributed by atoms with Gasteiger partial charge in [-0.05, 0) is 47.5 Å². The molecule has 0 saturated heterocycles. The number of nitrogens with zero attached hydrogens (tertiary/aromatic N) is 1. The summed E-state index contributed by atoms with van der Waals surface area (Å²) in [6, 6.07) is 32.6. The van der Waals surface area contributed by atoms with Crippen LogP contribution >= 0.6 is 0 Å². The molecule has 0 aliphatic rings. The topological polar surface area (TPSA) is 64.4 Å². The van der Waals surface area contributed by atoms with Gasteiger partial charge in [0, 0.05) is 17.7 Å². The minimum absolute atomic E-state index is 0.215. The van der Waals surface area contributed by atoms with Crippen molar-refractivity contribution in [1.29, 1.82) is 0 Å². The van der Waals surface area contributed by atoms with Crippen LogP contribution in [0.3, 0.4) is 0 Å². The maximum Gasteiger partial charge on any atom is 0.255 e. The van der Waals surface area contributed by atoms with Gasteiger partial charge < -0.3 is 14.5 Å². The smallest absolute Gasteiger partial charge is 0.255 e. The first kappa shape index (κ1) is 20.5. The number of aromatic nitrogens is 1. The summed E-state index contributed by atoms with van der Waals surface area (Å²) in [5.74, 6) is 1.07. The molecule has 0 spiro atoms. The van der Waals surface area contributed by atoms with Crippen LogP contribution in [0.25, 0.3) is 11.1 Å². The van der Waals surface area contributed by atoms with Crippen molar-refractivity contribution in [2.24, 2.45) is 0 Å². The zero-order chi connectivity index (χ0) is 22.5. The molecule has 0 radical (unpaired) electrons. The van der Waals surface area contributed by atoms with E-state index in [0.29, 0.717) is 47.0 Å². The predicted molar refractivity (Wildman–Crippen MR) is 128 cm³/mol. The van der Waals surface area contributed by atoms with Crippen molar-refractivity contribution >= 4 is 22.7 Å². The summed E-state index contributed by atoms with van der Waals surface area (Å²) >= 11 is 0. The number of anilines is 1. The summed E-state index contributed by atoms with van der Waals surface area (Å²) in [7, 11) is 0. The quantitative estimate of drug-likeness (QED) is 0.329. The number of amides is 1. The van der Waals surface area contributed by atoms with Crippen LogP contribution in [0, 0.1) is 0 Å². The van der Waals surface area contributed by atoms with Gasteiger partial charge in [0.2, 0.25) is 0 Å². The summed E-state index contributed by atoms with van der Waals surface area (Å²) in [4.78, 5) is 17.4. The first-order valence-electron chi connectivity index (χ1n) is 10.7. The molecule has 0 fully saturated rings. The van der Waals surface area contributed by atoms with E-state index in [1.165, 1.54) is 0 Å². The molecular weight excluding hydrogens is 412 g/mol. The van der Waals surface area contributed by atoms with Crippen LogP contribution in [-0.2, 0) is 13.0 Å². The Hall–Kier alpha value is -4.38. The second-order valence-corrected chi connectivity index (χ2v) is 7.71. The van der Waals surface area contributed by atoms with E-state index < -0.39 is 0 Å². The van der Waals surface area contributed by atoms with Crippen molar-refractivity contribution in [1.82, 2.24) is 4.98 Å². The normalized spacial score (nSPS) is 10.8. The van der Waals surface area contributed by atoms with Crippen molar-refractivity contribution in [3.05, 3.63) is 126 Å². The third-order valence-corrected chi connectivity index (χ3v) is 5.23. The zero-order valence-electron chi connectivity index (χ0n) is 17.9. The van der Waals surface area contributed by atoms with E-state index in [2.05, 4.69) is 10.3 Å². The Balaban J connectivity index is 1.26. The average molecular weight is 434 g/mol. The van der Waals surface area contributed by atoms with Gasteiger partial charge in [-0.15, -0.1) is 0 Å². The van der Waals surface area contributed by atoms with Crippen LogP contribution in [0.2, 0.25) is 0 Å². The van der Waals surface area contributed by atoms with Crippen LogP contribution in [0.4, 0.5) is 5.69 Å². The number of nitrogens with one attached hydrogen (secondary N) is 1. The van der Waals surface area contributed by atoms with E-state index >= 15 is 0 Å². The molecule has 0 unspecified atom stereocenters. The number of fused-ring (bicyclic) bond motifs is 1. The second-order valence-electron chi connectivity index (χ2n) is 7.71. The number of carbonyl (C=O) groups is 1. The van der Waals surface area contributed by atoms with E-state index in [1.807, 2.05) is 91.0 Å². The Morgan fingerprint density at radius 3 is 2.36 bits per heavy atom. The Morgan fingerprint density at radius 2 is 1.58 bits per heavy atom. The van der Waals surface area contributed by atoms with Gasteiger partial charge in [0.05, 0.1) is 0 Å². The fourth-order valence-corrected chi connectivity index (χ4v) is 3.57. The van der Waals surface area contributed by atoms with Gasteiger partial charge in [0.15, 0.2) is 11.5 Å². The number of hydrogen-bond acceptors (Lipinski definition) is 4. The summed E-state index contributed by atoms with van der Waals surface area (Å²) in [5.41, 5.74) is 4.77. The van der Waals surface area contributed by atoms with E-state index in [4.69, 9.17) is 9.15 Å². The van der Waals surface area contributed by atoms with Crippen molar-refractivity contribution in [2.75, 3.05) is 5.32 Å². The van der Waals surface area contributed by atoms with E-state index in [1.54, 1.807) is 12.1 Å². The SMILES string of the molecule is O=C(Nc1ccc2oc(Cc3ccccc3)nc2c1)c1cccc(OCc2ccccc2)c1. The molecule has 0 saturated carbocycles. The summed E-state index contributed by atoms with van der Waals surface area (Å²) in [6.45, 7) is 0.444. The minimum atomic E-state index is -0.215. The molecule has 0 aliphatic carbocycles. The van der Waals surface area contributed by atoms with E-state index in [0.717, 1.165) is 11.1 Å². The lowest BCUT2D eigenvalue weighted by molar-refractivity contribution is 0.102. The molecule has 1 N–H and O–H groups in total. The van der Waals surface area contributed by atoms with Gasteiger partial charge in [-0.25, -0.2) is 4.98 Å². The molecule has 5 nitrogen and oxygen atoms in total. The monoisotopic (exact) mass is 434 g/mol. The molecule has 0 bridgehead atoms. The molecule has 1 aromatic heterocycles. The highest BCUT2D eigenvalue weighted by atomic mass is 16.5. The summed E-state index contributed by atoms with van der Waals surface area (Å²) < 4.78 is 11.7. The number of hydrogen-bond donors (Lipinski definition) is 1. The number of benzene rings is 4. The molecule has 1 heterocycles. The molecule has 5 aromatic rings. The standard InChI is InChI=1S/C28H22N2O3/c31-28(22-12-7-13-24(17-22)32-19-21-10-5-2-6-11-21)29-23-14-15-26-25(18-23)30-27(33-26)16-20-8-3-1-4-9-20/h1-15,17-18H,16,19H2,(H,29,31). The zero-order valence-corrected chi connectivity index (χ0v) is 17.9. The Labute approximate surface area is 191 Å². The molecular formula is C28H22N2O3. The summed E-state index contributed by atoms with van der Waals surface area (Å²) in [6.07, 6.45) is 0.618. The maximum atomic E-state index is 12.8. The molecule has 1 amide bonds. The predicted octanol–water partition coefficient (Wildman–Crippen LogP) is 6.25. The van der Waals surface area contributed by atoms with Crippen LogP contribution in [0.5, 0.6) is 5.75 Å². The number of carbonyl (C=O) groups excluding carboxylic acids is 1. The molecule has 0 aliphatic heterocycles. The first-order chi connectivity index (χ1) is 16.2. The van der Waals surface area contributed by atoms with Gasteiger partial charge >= 0.3 is 0 Å².